The molecule has 144 valence electrons. The van der Waals surface area contributed by atoms with E-state index in [9.17, 15) is 4.79 Å². The standard InChI is InChI=1S/C21H29N5O/c1-4-16-8-7-9-17(5-2)19(16)24-21-22-14-18(15-23-21)20(27)26-12-10-25(6-3)11-13-26/h7-9,14-15H,4-6,10-13H2,1-3H3,(H,22,23,24). The Balaban J connectivity index is 1.70. The van der Waals surface area contributed by atoms with Crippen LogP contribution in [0.1, 0.15) is 42.3 Å². The lowest BCUT2D eigenvalue weighted by Gasteiger charge is -2.33. The molecule has 0 unspecified atom stereocenters. The van der Waals surface area contributed by atoms with Crippen LogP contribution < -0.4 is 5.32 Å². The topological polar surface area (TPSA) is 61.4 Å². The molecule has 0 bridgehead atoms. The van der Waals surface area contributed by atoms with E-state index in [-0.39, 0.29) is 5.91 Å². The zero-order valence-electron chi connectivity index (χ0n) is 16.5. The summed E-state index contributed by atoms with van der Waals surface area (Å²) in [6.45, 7) is 10.8. The molecule has 1 amide bonds. The molecule has 0 aliphatic carbocycles. The van der Waals surface area contributed by atoms with Crippen molar-refractivity contribution in [1.82, 2.24) is 19.8 Å². The molecule has 1 aliphatic heterocycles. The molecule has 27 heavy (non-hydrogen) atoms. The number of nitrogens with zero attached hydrogens (tertiary/aromatic N) is 4. The molecular formula is C21H29N5O. The van der Waals surface area contributed by atoms with E-state index in [1.54, 1.807) is 12.4 Å². The van der Waals surface area contributed by atoms with Gasteiger partial charge in [0.15, 0.2) is 0 Å². The minimum atomic E-state index is 0.0144. The van der Waals surface area contributed by atoms with Crippen LogP contribution in [0.2, 0.25) is 0 Å². The molecule has 1 aliphatic rings. The summed E-state index contributed by atoms with van der Waals surface area (Å²) in [5.41, 5.74) is 4.11. The van der Waals surface area contributed by atoms with Gasteiger partial charge < -0.3 is 15.1 Å². The number of para-hydroxylation sites is 1. The van der Waals surface area contributed by atoms with Gasteiger partial charge in [0.2, 0.25) is 5.95 Å². The van der Waals surface area contributed by atoms with Crippen LogP contribution in [0.3, 0.4) is 0 Å². The lowest BCUT2D eigenvalue weighted by atomic mass is 10.0. The maximum atomic E-state index is 12.7. The van der Waals surface area contributed by atoms with Crippen molar-refractivity contribution in [2.75, 3.05) is 38.0 Å². The van der Waals surface area contributed by atoms with Gasteiger partial charge in [-0.15, -0.1) is 0 Å². The number of rotatable bonds is 6. The Bertz CT molecular complexity index is 744. The number of aromatic nitrogens is 2. The molecule has 0 spiro atoms. The Morgan fingerprint density at radius 2 is 1.59 bits per heavy atom. The molecule has 2 heterocycles. The summed E-state index contributed by atoms with van der Waals surface area (Å²) in [5.74, 6) is 0.540. The summed E-state index contributed by atoms with van der Waals surface area (Å²) in [5, 5.41) is 3.35. The van der Waals surface area contributed by atoms with Crippen LogP contribution in [0.5, 0.6) is 0 Å². The first-order valence-electron chi connectivity index (χ1n) is 9.87. The van der Waals surface area contributed by atoms with Gasteiger partial charge in [-0.1, -0.05) is 39.0 Å². The highest BCUT2D eigenvalue weighted by Gasteiger charge is 2.21. The third kappa shape index (κ3) is 4.45. The summed E-state index contributed by atoms with van der Waals surface area (Å²) in [6, 6.07) is 6.33. The number of carbonyl (C=O) groups excluding carboxylic acids is 1. The van der Waals surface area contributed by atoms with E-state index in [0.717, 1.165) is 51.3 Å². The number of hydrogen-bond acceptors (Lipinski definition) is 5. The van der Waals surface area contributed by atoms with Gasteiger partial charge in [0.1, 0.15) is 0 Å². The van der Waals surface area contributed by atoms with Crippen LogP contribution in [0, 0.1) is 0 Å². The largest absolute Gasteiger partial charge is 0.336 e. The van der Waals surface area contributed by atoms with E-state index in [1.807, 2.05) is 4.90 Å². The molecule has 3 rings (SSSR count). The SMILES string of the molecule is CCc1cccc(CC)c1Nc1ncc(C(=O)N2CCN(CC)CC2)cn1. The second-order valence-corrected chi connectivity index (χ2v) is 6.81. The minimum Gasteiger partial charge on any atom is -0.336 e. The van der Waals surface area contributed by atoms with Gasteiger partial charge in [0.25, 0.3) is 5.91 Å². The van der Waals surface area contributed by atoms with Crippen molar-refractivity contribution in [3.05, 3.63) is 47.3 Å². The van der Waals surface area contributed by atoms with Gasteiger partial charge in [0.05, 0.1) is 5.56 Å². The van der Waals surface area contributed by atoms with E-state index in [0.29, 0.717) is 11.5 Å². The highest BCUT2D eigenvalue weighted by molar-refractivity contribution is 5.93. The Labute approximate surface area is 161 Å². The number of aryl methyl sites for hydroxylation is 2. The van der Waals surface area contributed by atoms with Crippen molar-refractivity contribution >= 4 is 17.5 Å². The van der Waals surface area contributed by atoms with Crippen LogP contribution in [0.25, 0.3) is 0 Å². The third-order valence-electron chi connectivity index (χ3n) is 5.24. The van der Waals surface area contributed by atoms with Crippen molar-refractivity contribution in [2.24, 2.45) is 0 Å². The first kappa shape index (κ1) is 19.3. The van der Waals surface area contributed by atoms with Crippen LogP contribution >= 0.6 is 0 Å². The summed E-state index contributed by atoms with van der Waals surface area (Å²) in [6.07, 6.45) is 5.14. The fraction of sp³-hybridized carbons (Fsp3) is 0.476. The van der Waals surface area contributed by atoms with Gasteiger partial charge >= 0.3 is 0 Å². The highest BCUT2D eigenvalue weighted by Crippen LogP contribution is 2.25. The second kappa shape index (κ2) is 8.95. The van der Waals surface area contributed by atoms with Gasteiger partial charge in [-0.2, -0.15) is 0 Å². The van der Waals surface area contributed by atoms with Crippen molar-refractivity contribution in [3.8, 4) is 0 Å². The fourth-order valence-electron chi connectivity index (χ4n) is 3.47. The second-order valence-electron chi connectivity index (χ2n) is 6.81. The Morgan fingerprint density at radius 1 is 1.00 bits per heavy atom. The summed E-state index contributed by atoms with van der Waals surface area (Å²) >= 11 is 0. The zero-order chi connectivity index (χ0) is 19.2. The first-order chi connectivity index (χ1) is 13.2. The van der Waals surface area contributed by atoms with Gasteiger partial charge in [-0.25, -0.2) is 9.97 Å². The number of amides is 1. The number of piperazine rings is 1. The number of likely N-dealkylation sites (N-methyl/N-ethyl adjacent to an activating group) is 1. The molecule has 0 saturated carbocycles. The van der Waals surface area contributed by atoms with Crippen LogP contribution in [-0.4, -0.2) is 58.4 Å². The molecule has 6 heteroatoms. The quantitative estimate of drug-likeness (QED) is 0.850. The van der Waals surface area contributed by atoms with Crippen molar-refractivity contribution in [1.29, 1.82) is 0 Å². The van der Waals surface area contributed by atoms with E-state index in [4.69, 9.17) is 0 Å². The highest BCUT2D eigenvalue weighted by atomic mass is 16.2. The molecule has 0 radical (unpaired) electrons. The molecule has 1 aromatic heterocycles. The Morgan fingerprint density at radius 3 is 2.11 bits per heavy atom. The Kier molecular flexibility index (Phi) is 6.40. The van der Waals surface area contributed by atoms with E-state index >= 15 is 0 Å². The monoisotopic (exact) mass is 367 g/mol. The molecule has 6 nitrogen and oxygen atoms in total. The smallest absolute Gasteiger partial charge is 0.257 e. The van der Waals surface area contributed by atoms with Gasteiger partial charge in [0, 0.05) is 44.3 Å². The number of anilines is 2. The predicted molar refractivity (Wildman–Crippen MR) is 109 cm³/mol. The molecule has 1 fully saturated rings. The lowest BCUT2D eigenvalue weighted by Crippen LogP contribution is -2.48. The average Bonchev–Trinajstić information content (AvgIpc) is 2.74. The third-order valence-corrected chi connectivity index (χ3v) is 5.24. The van der Waals surface area contributed by atoms with Crippen molar-refractivity contribution < 1.29 is 4.79 Å². The molecule has 1 saturated heterocycles. The van der Waals surface area contributed by atoms with Crippen molar-refractivity contribution in [2.45, 2.75) is 33.6 Å². The first-order valence-corrected chi connectivity index (χ1v) is 9.87. The normalized spacial score (nSPS) is 15.0. The van der Waals surface area contributed by atoms with Crippen LogP contribution in [0.4, 0.5) is 11.6 Å². The summed E-state index contributed by atoms with van der Waals surface area (Å²) in [4.78, 5) is 25.7. The molecule has 2 aromatic rings. The lowest BCUT2D eigenvalue weighted by molar-refractivity contribution is 0.0642. The molecule has 1 aromatic carbocycles. The zero-order valence-corrected chi connectivity index (χ0v) is 16.5. The summed E-state index contributed by atoms with van der Waals surface area (Å²) in [7, 11) is 0. The maximum absolute atomic E-state index is 12.7. The maximum Gasteiger partial charge on any atom is 0.257 e. The Hall–Kier alpha value is -2.47. The number of nitrogens with one attached hydrogen (secondary N) is 1. The van der Waals surface area contributed by atoms with Crippen LogP contribution in [0.15, 0.2) is 30.6 Å². The molecule has 1 N–H and O–H groups in total. The minimum absolute atomic E-state index is 0.0144. The van der Waals surface area contributed by atoms with E-state index in [1.165, 1.54) is 11.1 Å². The number of benzene rings is 1. The van der Waals surface area contributed by atoms with Crippen molar-refractivity contribution in [3.63, 3.8) is 0 Å². The average molecular weight is 367 g/mol. The van der Waals surface area contributed by atoms with Crippen LogP contribution in [-0.2, 0) is 12.8 Å². The predicted octanol–water partition coefficient (Wildman–Crippen LogP) is 3.12. The van der Waals surface area contributed by atoms with E-state index < -0.39 is 0 Å². The van der Waals surface area contributed by atoms with Gasteiger partial charge in [-0.05, 0) is 30.5 Å². The fourth-order valence-corrected chi connectivity index (χ4v) is 3.47. The number of hydrogen-bond donors (Lipinski definition) is 1. The van der Waals surface area contributed by atoms with E-state index in [2.05, 4.69) is 59.2 Å². The summed E-state index contributed by atoms with van der Waals surface area (Å²) < 4.78 is 0. The molecule has 0 atom stereocenters. The number of carbonyl (C=O) groups is 1. The van der Waals surface area contributed by atoms with Gasteiger partial charge in [-0.3, -0.25) is 4.79 Å². The molecular weight excluding hydrogens is 338 g/mol.